The van der Waals surface area contributed by atoms with Crippen molar-refractivity contribution in [1.29, 1.82) is 5.26 Å². The molecule has 0 saturated carbocycles. The van der Waals surface area contributed by atoms with Crippen LogP contribution in [0, 0.1) is 17.1 Å². The number of halogens is 1. The van der Waals surface area contributed by atoms with Crippen LogP contribution in [0.15, 0.2) is 36.7 Å². The van der Waals surface area contributed by atoms with E-state index in [9.17, 15) is 4.39 Å². The molecule has 0 fully saturated rings. The fourth-order valence-electron chi connectivity index (χ4n) is 2.01. The summed E-state index contributed by atoms with van der Waals surface area (Å²) in [5, 5.41) is 9.08. The van der Waals surface area contributed by atoms with Gasteiger partial charge in [0.15, 0.2) is 0 Å². The van der Waals surface area contributed by atoms with Crippen molar-refractivity contribution in [2.45, 2.75) is 0 Å². The number of hydrogen-bond acceptors (Lipinski definition) is 4. The van der Waals surface area contributed by atoms with E-state index in [0.717, 1.165) is 0 Å². The van der Waals surface area contributed by atoms with Gasteiger partial charge in [-0.2, -0.15) is 5.26 Å². The first kappa shape index (κ1) is 11.2. The molecule has 2 heterocycles. The third-order valence-electron chi connectivity index (χ3n) is 2.83. The summed E-state index contributed by atoms with van der Waals surface area (Å²) in [6.07, 6.45) is 3.15. The van der Waals surface area contributed by atoms with E-state index in [1.54, 1.807) is 29.1 Å². The van der Waals surface area contributed by atoms with Crippen molar-refractivity contribution < 1.29 is 4.39 Å². The van der Waals surface area contributed by atoms with Gasteiger partial charge in [0.2, 0.25) is 5.95 Å². The van der Waals surface area contributed by atoms with Gasteiger partial charge in [0, 0.05) is 6.20 Å². The number of hydrogen-bond donors (Lipinski definition) is 1. The maximum absolute atomic E-state index is 13.7. The Morgan fingerprint density at radius 2 is 2.16 bits per heavy atom. The monoisotopic (exact) mass is 253 g/mol. The molecule has 19 heavy (non-hydrogen) atoms. The molecule has 0 radical (unpaired) electrons. The predicted octanol–water partition coefficient (Wildman–Crippen LogP) is 2.01. The van der Waals surface area contributed by atoms with Gasteiger partial charge in [-0.05, 0) is 18.2 Å². The lowest BCUT2D eigenvalue weighted by Crippen LogP contribution is -2.04. The number of aromatic nitrogens is 3. The zero-order chi connectivity index (χ0) is 13.4. The fraction of sp³-hybridized carbons (Fsp3) is 0. The molecular formula is C13H8FN5. The maximum Gasteiger partial charge on any atom is 0.206 e. The summed E-state index contributed by atoms with van der Waals surface area (Å²) in [6.45, 7) is 0. The van der Waals surface area contributed by atoms with Crippen molar-refractivity contribution in [2.24, 2.45) is 0 Å². The number of rotatable bonds is 1. The number of benzene rings is 1. The Labute approximate surface area is 107 Å². The minimum atomic E-state index is -0.588. The van der Waals surface area contributed by atoms with Crippen LogP contribution < -0.4 is 5.73 Å². The van der Waals surface area contributed by atoms with Gasteiger partial charge in [0.1, 0.15) is 23.0 Å². The number of nitrogen functional groups attached to an aromatic ring is 1. The van der Waals surface area contributed by atoms with Crippen LogP contribution in [0.1, 0.15) is 5.56 Å². The average molecular weight is 253 g/mol. The Bertz CT molecular complexity index is 816. The van der Waals surface area contributed by atoms with Crippen molar-refractivity contribution in [3.8, 4) is 11.8 Å². The number of fused-ring (bicyclic) bond motifs is 1. The molecule has 5 nitrogen and oxygen atoms in total. The molecule has 0 spiro atoms. The van der Waals surface area contributed by atoms with Gasteiger partial charge in [-0.1, -0.05) is 6.07 Å². The van der Waals surface area contributed by atoms with Crippen molar-refractivity contribution in [3.63, 3.8) is 0 Å². The molecule has 92 valence electrons. The lowest BCUT2D eigenvalue weighted by molar-refractivity contribution is 0.623. The highest BCUT2D eigenvalue weighted by Crippen LogP contribution is 2.25. The van der Waals surface area contributed by atoms with E-state index < -0.39 is 5.82 Å². The first-order valence-electron chi connectivity index (χ1n) is 5.49. The normalized spacial score (nSPS) is 10.5. The van der Waals surface area contributed by atoms with Crippen LogP contribution in [0.4, 0.5) is 10.3 Å². The molecule has 0 aliphatic rings. The van der Waals surface area contributed by atoms with Gasteiger partial charge in [0.05, 0.1) is 17.4 Å². The summed E-state index contributed by atoms with van der Waals surface area (Å²) in [7, 11) is 0. The van der Waals surface area contributed by atoms with Gasteiger partial charge in [-0.3, -0.25) is 9.55 Å². The standard InChI is InChI=1S/C13H8FN5/c14-9-2-1-3-11(8(9)6-15)19-12-4-5-17-7-10(12)18-13(19)16/h1-5,7H,(H2,16,18). The SMILES string of the molecule is N#Cc1c(F)cccc1-n1c(N)nc2cnccc21. The number of nitrogens with zero attached hydrogens (tertiary/aromatic N) is 4. The minimum Gasteiger partial charge on any atom is -0.369 e. The first-order chi connectivity index (χ1) is 9.22. The smallest absolute Gasteiger partial charge is 0.206 e. The average Bonchev–Trinajstić information content (AvgIpc) is 2.74. The second-order valence-electron chi connectivity index (χ2n) is 3.92. The van der Waals surface area contributed by atoms with Crippen LogP contribution in [0.5, 0.6) is 0 Å². The molecule has 0 unspecified atom stereocenters. The molecule has 1 aromatic carbocycles. The van der Waals surface area contributed by atoms with Crippen molar-refractivity contribution in [3.05, 3.63) is 48.0 Å². The number of anilines is 1. The molecule has 6 heteroatoms. The summed E-state index contributed by atoms with van der Waals surface area (Å²) in [5.41, 5.74) is 7.42. The lowest BCUT2D eigenvalue weighted by atomic mass is 10.2. The third-order valence-corrected chi connectivity index (χ3v) is 2.83. The Balaban J connectivity index is 2.41. The second-order valence-corrected chi connectivity index (χ2v) is 3.92. The van der Waals surface area contributed by atoms with E-state index in [-0.39, 0.29) is 11.5 Å². The summed E-state index contributed by atoms with van der Waals surface area (Å²) < 4.78 is 15.2. The molecule has 2 N–H and O–H groups in total. The van der Waals surface area contributed by atoms with Crippen LogP contribution >= 0.6 is 0 Å². The molecule has 0 bridgehead atoms. The lowest BCUT2D eigenvalue weighted by Gasteiger charge is -2.08. The molecule has 0 aliphatic heterocycles. The Kier molecular flexibility index (Phi) is 2.39. The van der Waals surface area contributed by atoms with Crippen LogP contribution in [0.3, 0.4) is 0 Å². The Morgan fingerprint density at radius 3 is 2.95 bits per heavy atom. The van der Waals surface area contributed by atoms with Gasteiger partial charge < -0.3 is 5.73 Å². The fourth-order valence-corrected chi connectivity index (χ4v) is 2.01. The quantitative estimate of drug-likeness (QED) is 0.719. The van der Waals surface area contributed by atoms with E-state index >= 15 is 0 Å². The van der Waals surface area contributed by atoms with Gasteiger partial charge in [0.25, 0.3) is 0 Å². The number of nitrogens with two attached hydrogens (primary N) is 1. The van der Waals surface area contributed by atoms with Gasteiger partial charge in [-0.15, -0.1) is 0 Å². The molecule has 0 atom stereocenters. The minimum absolute atomic E-state index is 0.0645. The highest BCUT2D eigenvalue weighted by molar-refractivity contribution is 5.80. The van der Waals surface area contributed by atoms with Crippen molar-refractivity contribution in [2.75, 3.05) is 5.73 Å². The molecule has 2 aromatic heterocycles. The van der Waals surface area contributed by atoms with Crippen LogP contribution in [-0.4, -0.2) is 14.5 Å². The summed E-state index contributed by atoms with van der Waals surface area (Å²) >= 11 is 0. The molecule has 0 saturated heterocycles. The van der Waals surface area contributed by atoms with Crippen LogP contribution in [0.2, 0.25) is 0 Å². The summed E-state index contributed by atoms with van der Waals surface area (Å²) in [5.74, 6) is -0.402. The molecule has 3 aromatic rings. The summed E-state index contributed by atoms with van der Waals surface area (Å²) in [4.78, 5) is 8.09. The zero-order valence-electron chi connectivity index (χ0n) is 9.71. The molecule has 3 rings (SSSR count). The molecule has 0 aliphatic carbocycles. The zero-order valence-corrected chi connectivity index (χ0v) is 9.71. The van der Waals surface area contributed by atoms with E-state index in [0.29, 0.717) is 16.7 Å². The van der Waals surface area contributed by atoms with Gasteiger partial charge in [-0.25, -0.2) is 9.37 Å². The third kappa shape index (κ3) is 1.60. The number of nitriles is 1. The Morgan fingerprint density at radius 1 is 1.32 bits per heavy atom. The molecular weight excluding hydrogens is 245 g/mol. The number of imidazole rings is 1. The summed E-state index contributed by atoms with van der Waals surface area (Å²) in [6, 6.07) is 7.95. The first-order valence-corrected chi connectivity index (χ1v) is 5.49. The van der Waals surface area contributed by atoms with Crippen molar-refractivity contribution >= 4 is 17.0 Å². The second kappa shape index (κ2) is 4.07. The van der Waals surface area contributed by atoms with E-state index in [4.69, 9.17) is 11.0 Å². The van der Waals surface area contributed by atoms with Crippen LogP contribution in [-0.2, 0) is 0 Å². The highest BCUT2D eigenvalue weighted by atomic mass is 19.1. The number of pyridine rings is 1. The van der Waals surface area contributed by atoms with E-state index in [2.05, 4.69) is 9.97 Å². The van der Waals surface area contributed by atoms with Gasteiger partial charge >= 0.3 is 0 Å². The largest absolute Gasteiger partial charge is 0.369 e. The van der Waals surface area contributed by atoms with Crippen molar-refractivity contribution in [1.82, 2.24) is 14.5 Å². The van der Waals surface area contributed by atoms with Crippen LogP contribution in [0.25, 0.3) is 16.7 Å². The topological polar surface area (TPSA) is 80.5 Å². The Hall–Kier alpha value is -2.94. The predicted molar refractivity (Wildman–Crippen MR) is 68.0 cm³/mol. The highest BCUT2D eigenvalue weighted by Gasteiger charge is 2.15. The van der Waals surface area contributed by atoms with E-state index in [1.165, 1.54) is 12.1 Å². The molecule has 0 amide bonds. The maximum atomic E-state index is 13.7. The van der Waals surface area contributed by atoms with E-state index in [1.807, 2.05) is 6.07 Å².